The monoisotopic (exact) mass is 261 g/mol. The predicted octanol–water partition coefficient (Wildman–Crippen LogP) is 3.26. The van der Waals surface area contributed by atoms with Gasteiger partial charge in [-0.3, -0.25) is 0 Å². The zero-order valence-electron chi connectivity index (χ0n) is 10.5. The van der Waals surface area contributed by atoms with Crippen LogP contribution in [0.3, 0.4) is 0 Å². The molecule has 0 aliphatic heterocycles. The van der Waals surface area contributed by atoms with Gasteiger partial charge in [0.05, 0.1) is 5.69 Å². The highest BCUT2D eigenvalue weighted by atomic mass is 35.5. The van der Waals surface area contributed by atoms with Crippen molar-refractivity contribution >= 4 is 23.1 Å². The molecule has 0 fully saturated rings. The summed E-state index contributed by atoms with van der Waals surface area (Å²) in [4.78, 5) is 6.49. The third-order valence-electron chi connectivity index (χ3n) is 2.74. The van der Waals surface area contributed by atoms with Crippen LogP contribution in [-0.4, -0.2) is 12.0 Å². The van der Waals surface area contributed by atoms with Crippen LogP contribution in [0.4, 0.5) is 11.5 Å². The van der Waals surface area contributed by atoms with Crippen LogP contribution in [0.5, 0.6) is 0 Å². The molecule has 1 heterocycles. The minimum Gasteiger partial charge on any atom is -0.396 e. The summed E-state index contributed by atoms with van der Waals surface area (Å²) in [6.07, 6.45) is 0. The smallest absolute Gasteiger partial charge is 0.152 e. The molecule has 0 spiro atoms. The maximum atomic E-state index is 5.94. The van der Waals surface area contributed by atoms with Crippen LogP contribution >= 0.6 is 11.6 Å². The summed E-state index contributed by atoms with van der Waals surface area (Å²) in [7, 11) is 1.98. The van der Waals surface area contributed by atoms with Crippen LogP contribution in [0.25, 0.3) is 0 Å². The van der Waals surface area contributed by atoms with Crippen LogP contribution in [0.1, 0.15) is 11.3 Å². The highest BCUT2D eigenvalue weighted by Gasteiger charge is 2.08. The Balaban J connectivity index is 2.18. The van der Waals surface area contributed by atoms with Gasteiger partial charge >= 0.3 is 0 Å². The van der Waals surface area contributed by atoms with E-state index in [9.17, 15) is 0 Å². The van der Waals surface area contributed by atoms with Gasteiger partial charge in [-0.1, -0.05) is 23.7 Å². The fraction of sp³-hybridized carbons (Fsp3) is 0.214. The maximum absolute atomic E-state index is 5.94. The Morgan fingerprint density at radius 2 is 1.83 bits per heavy atom. The maximum Gasteiger partial charge on any atom is 0.152 e. The second kappa shape index (κ2) is 5.27. The van der Waals surface area contributed by atoms with Crippen LogP contribution in [0, 0.1) is 6.92 Å². The van der Waals surface area contributed by atoms with Crippen molar-refractivity contribution in [1.82, 2.24) is 4.98 Å². The molecule has 0 saturated carbocycles. The van der Waals surface area contributed by atoms with E-state index in [1.807, 2.05) is 55.3 Å². The van der Waals surface area contributed by atoms with Crippen LogP contribution in [0.2, 0.25) is 5.02 Å². The molecule has 2 aromatic rings. The molecule has 0 atom stereocenters. The number of halogens is 1. The molecule has 1 aromatic carbocycles. The van der Waals surface area contributed by atoms with Crippen molar-refractivity contribution in [2.75, 3.05) is 17.7 Å². The number of anilines is 2. The van der Waals surface area contributed by atoms with Crippen molar-refractivity contribution in [3.63, 3.8) is 0 Å². The first-order chi connectivity index (χ1) is 8.56. The second-order valence-electron chi connectivity index (χ2n) is 4.35. The Morgan fingerprint density at radius 3 is 2.50 bits per heavy atom. The number of hydrogen-bond donors (Lipinski definition) is 1. The Morgan fingerprint density at radius 1 is 1.17 bits per heavy atom. The largest absolute Gasteiger partial charge is 0.396 e. The molecule has 0 aliphatic carbocycles. The van der Waals surface area contributed by atoms with E-state index in [2.05, 4.69) is 4.98 Å². The second-order valence-corrected chi connectivity index (χ2v) is 4.78. The molecule has 2 rings (SSSR count). The summed E-state index contributed by atoms with van der Waals surface area (Å²) in [6.45, 7) is 2.71. The number of nitrogens with zero attached hydrogens (tertiary/aromatic N) is 2. The van der Waals surface area contributed by atoms with E-state index in [-0.39, 0.29) is 0 Å². The first kappa shape index (κ1) is 12.7. The molecule has 0 unspecified atom stereocenters. The SMILES string of the molecule is Cc1ccc(N)c(N(C)Cc2ccc(Cl)cc2)n1. The van der Waals surface area contributed by atoms with Gasteiger partial charge in [0.25, 0.3) is 0 Å². The number of nitrogens with two attached hydrogens (primary N) is 1. The molecule has 3 nitrogen and oxygen atoms in total. The van der Waals surface area contributed by atoms with E-state index < -0.39 is 0 Å². The number of aryl methyl sites for hydroxylation is 1. The molecule has 0 amide bonds. The molecule has 1 aromatic heterocycles. The summed E-state index contributed by atoms with van der Waals surface area (Å²) < 4.78 is 0. The third kappa shape index (κ3) is 2.93. The van der Waals surface area contributed by atoms with E-state index in [0.717, 1.165) is 23.1 Å². The lowest BCUT2D eigenvalue weighted by atomic mass is 10.2. The minimum absolute atomic E-state index is 0.692. The average molecular weight is 262 g/mol. The van der Waals surface area contributed by atoms with E-state index in [1.54, 1.807) is 0 Å². The zero-order chi connectivity index (χ0) is 13.1. The van der Waals surface area contributed by atoms with Crippen molar-refractivity contribution in [1.29, 1.82) is 0 Å². The molecular formula is C14H16ClN3. The van der Waals surface area contributed by atoms with Crippen molar-refractivity contribution < 1.29 is 0 Å². The fourth-order valence-electron chi connectivity index (χ4n) is 1.80. The van der Waals surface area contributed by atoms with Crippen LogP contribution in [-0.2, 0) is 6.54 Å². The molecule has 0 aliphatic rings. The van der Waals surface area contributed by atoms with Gasteiger partial charge in [-0.25, -0.2) is 4.98 Å². The van der Waals surface area contributed by atoms with Crippen LogP contribution in [0.15, 0.2) is 36.4 Å². The molecule has 0 radical (unpaired) electrons. The van der Waals surface area contributed by atoms with Gasteiger partial charge in [0.15, 0.2) is 5.82 Å². The first-order valence-corrected chi connectivity index (χ1v) is 6.13. The Kier molecular flexibility index (Phi) is 3.72. The average Bonchev–Trinajstić information content (AvgIpc) is 2.35. The van der Waals surface area contributed by atoms with Crippen molar-refractivity contribution in [3.8, 4) is 0 Å². The lowest BCUT2D eigenvalue weighted by Gasteiger charge is -2.20. The summed E-state index contributed by atoms with van der Waals surface area (Å²) in [5.74, 6) is 0.810. The number of hydrogen-bond acceptors (Lipinski definition) is 3. The van der Waals surface area contributed by atoms with Gasteiger partial charge in [0, 0.05) is 24.3 Å². The van der Waals surface area contributed by atoms with Gasteiger partial charge in [-0.05, 0) is 36.8 Å². The number of benzene rings is 1. The lowest BCUT2D eigenvalue weighted by Crippen LogP contribution is -2.19. The van der Waals surface area contributed by atoms with Gasteiger partial charge < -0.3 is 10.6 Å². The Bertz CT molecular complexity index is 537. The Labute approximate surface area is 112 Å². The van der Waals surface area contributed by atoms with Gasteiger partial charge in [0.2, 0.25) is 0 Å². The third-order valence-corrected chi connectivity index (χ3v) is 2.99. The van der Waals surface area contributed by atoms with E-state index in [0.29, 0.717) is 5.69 Å². The highest BCUT2D eigenvalue weighted by Crippen LogP contribution is 2.21. The minimum atomic E-state index is 0.692. The summed E-state index contributed by atoms with van der Waals surface area (Å²) in [6, 6.07) is 11.6. The standard InChI is InChI=1S/C14H16ClN3/c1-10-3-8-13(16)14(17-10)18(2)9-11-4-6-12(15)7-5-11/h3-8H,9,16H2,1-2H3. The van der Waals surface area contributed by atoms with Crippen LogP contribution < -0.4 is 10.6 Å². The molecule has 0 saturated heterocycles. The van der Waals surface area contributed by atoms with Crippen molar-refractivity contribution in [2.24, 2.45) is 0 Å². The predicted molar refractivity (Wildman–Crippen MR) is 76.9 cm³/mol. The summed E-state index contributed by atoms with van der Waals surface area (Å²) in [5, 5.41) is 0.745. The zero-order valence-corrected chi connectivity index (χ0v) is 11.3. The Hall–Kier alpha value is -1.74. The number of pyridine rings is 1. The fourth-order valence-corrected chi connectivity index (χ4v) is 1.92. The topological polar surface area (TPSA) is 42.1 Å². The molecule has 94 valence electrons. The highest BCUT2D eigenvalue weighted by molar-refractivity contribution is 6.30. The van der Waals surface area contributed by atoms with Crippen molar-refractivity contribution in [3.05, 3.63) is 52.7 Å². The summed E-state index contributed by atoms with van der Waals surface area (Å²) >= 11 is 5.87. The number of rotatable bonds is 3. The van der Waals surface area contributed by atoms with E-state index in [4.69, 9.17) is 17.3 Å². The molecular weight excluding hydrogens is 246 g/mol. The first-order valence-electron chi connectivity index (χ1n) is 5.75. The molecule has 0 bridgehead atoms. The molecule has 2 N–H and O–H groups in total. The number of nitrogen functional groups attached to an aromatic ring is 1. The molecule has 18 heavy (non-hydrogen) atoms. The van der Waals surface area contributed by atoms with E-state index in [1.165, 1.54) is 5.56 Å². The van der Waals surface area contributed by atoms with Crippen molar-refractivity contribution in [2.45, 2.75) is 13.5 Å². The number of aromatic nitrogens is 1. The van der Waals surface area contributed by atoms with Gasteiger partial charge in [-0.15, -0.1) is 0 Å². The van der Waals surface area contributed by atoms with Gasteiger partial charge in [-0.2, -0.15) is 0 Å². The molecule has 4 heteroatoms. The lowest BCUT2D eigenvalue weighted by molar-refractivity contribution is 0.895. The normalized spacial score (nSPS) is 10.4. The summed E-state index contributed by atoms with van der Waals surface area (Å²) in [5.41, 5.74) is 8.77. The van der Waals surface area contributed by atoms with E-state index >= 15 is 0 Å². The quantitative estimate of drug-likeness (QED) is 0.922. The van der Waals surface area contributed by atoms with Gasteiger partial charge in [0.1, 0.15) is 0 Å².